The summed E-state index contributed by atoms with van der Waals surface area (Å²) in [4.78, 5) is 13.4. The highest BCUT2D eigenvalue weighted by molar-refractivity contribution is 5.76. The van der Waals surface area contributed by atoms with Gasteiger partial charge in [0.05, 0.1) is 18.2 Å². The summed E-state index contributed by atoms with van der Waals surface area (Å²) in [5, 5.41) is 22.7. The van der Waals surface area contributed by atoms with E-state index < -0.39 is 31.0 Å². The number of nitrogens with zero attached hydrogens (tertiary/aromatic N) is 1. The second-order valence-corrected chi connectivity index (χ2v) is 5.97. The molecule has 1 aromatic carbocycles. The van der Waals surface area contributed by atoms with Crippen molar-refractivity contribution in [2.24, 2.45) is 0 Å². The van der Waals surface area contributed by atoms with Crippen LogP contribution in [0, 0.1) is 0 Å². The lowest BCUT2D eigenvalue weighted by Gasteiger charge is -2.28. The first-order valence-electron chi connectivity index (χ1n) is 8.00. The largest absolute Gasteiger partial charge is 0.389 e. The maximum absolute atomic E-state index is 13.3. The minimum Gasteiger partial charge on any atom is -0.389 e. The lowest BCUT2D eigenvalue weighted by molar-refractivity contribution is -0.122. The fourth-order valence-electron chi connectivity index (χ4n) is 3.25. The average Bonchev–Trinajstić information content (AvgIpc) is 2.80. The minimum atomic E-state index is -1.16. The number of hydrogen-bond acceptors (Lipinski definition) is 4. The zero-order chi connectivity index (χ0) is 16.8. The SMILES string of the molecule is CNC(=O)C[C@@H]1[C@@H](O)[C@H](O)[C@@H](CF)N1CCCc1ccccc1. The van der Waals surface area contributed by atoms with Crippen molar-refractivity contribution in [3.63, 3.8) is 0 Å². The zero-order valence-corrected chi connectivity index (χ0v) is 13.4. The standard InChI is InChI=1S/C17H25FN2O3/c1-19-15(21)10-13-16(22)17(23)14(11-18)20(13)9-5-8-12-6-3-2-4-7-12/h2-4,6-7,13-14,16-17,22-23H,5,8-11H2,1H3,(H,19,21)/t13-,14-,16-,17-/m1/s1. The predicted molar refractivity (Wildman–Crippen MR) is 85.7 cm³/mol. The van der Waals surface area contributed by atoms with E-state index in [2.05, 4.69) is 5.32 Å². The number of carbonyl (C=O) groups is 1. The van der Waals surface area contributed by atoms with Crippen molar-refractivity contribution < 1.29 is 19.4 Å². The number of aryl methyl sites for hydroxylation is 1. The van der Waals surface area contributed by atoms with Gasteiger partial charge in [0.2, 0.25) is 5.91 Å². The Bertz CT molecular complexity index is 500. The average molecular weight is 324 g/mol. The Labute approximate surface area is 136 Å². The van der Waals surface area contributed by atoms with Crippen LogP contribution in [0.5, 0.6) is 0 Å². The second kappa shape index (κ2) is 8.38. The molecule has 0 saturated carbocycles. The van der Waals surface area contributed by atoms with Crippen molar-refractivity contribution >= 4 is 5.91 Å². The van der Waals surface area contributed by atoms with Crippen LogP contribution in [0.1, 0.15) is 18.4 Å². The predicted octanol–water partition coefficient (Wildman–Crippen LogP) is 0.499. The molecule has 6 heteroatoms. The van der Waals surface area contributed by atoms with E-state index in [0.717, 1.165) is 12.8 Å². The smallest absolute Gasteiger partial charge is 0.221 e. The molecular formula is C17H25FN2O3. The van der Waals surface area contributed by atoms with Crippen molar-refractivity contribution in [1.29, 1.82) is 0 Å². The summed E-state index contributed by atoms with van der Waals surface area (Å²) in [5.74, 6) is -0.228. The van der Waals surface area contributed by atoms with Crippen LogP contribution in [0.15, 0.2) is 30.3 Å². The summed E-state index contributed by atoms with van der Waals surface area (Å²) in [6, 6.07) is 8.64. The molecular weight excluding hydrogens is 299 g/mol. The van der Waals surface area contributed by atoms with E-state index in [0.29, 0.717) is 6.54 Å². The maximum atomic E-state index is 13.3. The van der Waals surface area contributed by atoms with E-state index in [1.54, 1.807) is 4.90 Å². The number of hydrogen-bond donors (Lipinski definition) is 3. The van der Waals surface area contributed by atoms with Crippen molar-refractivity contribution in [3.05, 3.63) is 35.9 Å². The number of rotatable bonds is 7. The van der Waals surface area contributed by atoms with E-state index >= 15 is 0 Å². The van der Waals surface area contributed by atoms with E-state index in [4.69, 9.17) is 0 Å². The molecule has 23 heavy (non-hydrogen) atoms. The quantitative estimate of drug-likeness (QED) is 0.683. The topological polar surface area (TPSA) is 72.8 Å². The van der Waals surface area contributed by atoms with Crippen molar-refractivity contribution in [1.82, 2.24) is 10.2 Å². The van der Waals surface area contributed by atoms with E-state index in [1.165, 1.54) is 12.6 Å². The Hall–Kier alpha value is -1.50. The van der Waals surface area contributed by atoms with Gasteiger partial charge in [-0.05, 0) is 24.9 Å². The summed E-state index contributed by atoms with van der Waals surface area (Å²) in [6.07, 6.45) is -0.619. The van der Waals surface area contributed by atoms with Gasteiger partial charge in [-0.2, -0.15) is 0 Å². The number of carbonyl (C=O) groups excluding carboxylic acids is 1. The molecule has 1 aliphatic heterocycles. The summed E-state index contributed by atoms with van der Waals surface area (Å²) in [6.45, 7) is -0.215. The molecule has 1 amide bonds. The Balaban J connectivity index is 2.00. The Kier molecular flexibility index (Phi) is 6.50. The number of alkyl halides is 1. The van der Waals surface area contributed by atoms with Gasteiger partial charge in [-0.15, -0.1) is 0 Å². The van der Waals surface area contributed by atoms with Crippen LogP contribution in [-0.4, -0.2) is 65.6 Å². The van der Waals surface area contributed by atoms with Crippen LogP contribution in [0.25, 0.3) is 0 Å². The molecule has 4 atom stereocenters. The lowest BCUT2D eigenvalue weighted by atomic mass is 10.1. The van der Waals surface area contributed by atoms with Gasteiger partial charge in [-0.1, -0.05) is 30.3 Å². The highest BCUT2D eigenvalue weighted by Crippen LogP contribution is 2.28. The van der Waals surface area contributed by atoms with E-state index in [1.807, 2.05) is 30.3 Å². The molecule has 2 rings (SSSR count). The molecule has 1 heterocycles. The van der Waals surface area contributed by atoms with Gasteiger partial charge in [-0.3, -0.25) is 9.69 Å². The fourth-order valence-corrected chi connectivity index (χ4v) is 3.25. The van der Waals surface area contributed by atoms with Crippen LogP contribution in [0.3, 0.4) is 0 Å². The molecule has 0 unspecified atom stereocenters. The van der Waals surface area contributed by atoms with Gasteiger partial charge in [0.1, 0.15) is 6.67 Å². The van der Waals surface area contributed by atoms with Crippen LogP contribution < -0.4 is 5.32 Å². The van der Waals surface area contributed by atoms with Crippen LogP contribution in [0.4, 0.5) is 4.39 Å². The van der Waals surface area contributed by atoms with Crippen LogP contribution >= 0.6 is 0 Å². The third-order valence-electron chi connectivity index (χ3n) is 4.55. The molecule has 1 saturated heterocycles. The first-order valence-corrected chi connectivity index (χ1v) is 8.00. The highest BCUT2D eigenvalue weighted by Gasteiger charge is 2.47. The molecule has 0 bridgehead atoms. The fraction of sp³-hybridized carbons (Fsp3) is 0.588. The van der Waals surface area contributed by atoms with Gasteiger partial charge < -0.3 is 15.5 Å². The Morgan fingerprint density at radius 3 is 2.48 bits per heavy atom. The van der Waals surface area contributed by atoms with Gasteiger partial charge >= 0.3 is 0 Å². The maximum Gasteiger partial charge on any atom is 0.221 e. The third-order valence-corrected chi connectivity index (χ3v) is 4.55. The summed E-state index contributed by atoms with van der Waals surface area (Å²) in [5.41, 5.74) is 1.19. The van der Waals surface area contributed by atoms with Crippen LogP contribution in [-0.2, 0) is 11.2 Å². The number of aliphatic hydroxyl groups is 2. The third kappa shape index (κ3) is 4.28. The second-order valence-electron chi connectivity index (χ2n) is 5.97. The first kappa shape index (κ1) is 17.8. The van der Waals surface area contributed by atoms with Crippen LogP contribution in [0.2, 0.25) is 0 Å². The molecule has 0 aromatic heterocycles. The lowest BCUT2D eigenvalue weighted by Crippen LogP contribution is -2.43. The molecule has 1 fully saturated rings. The molecule has 0 aliphatic carbocycles. The van der Waals surface area contributed by atoms with Crippen molar-refractivity contribution in [2.75, 3.05) is 20.3 Å². The highest BCUT2D eigenvalue weighted by atomic mass is 19.1. The normalized spacial score (nSPS) is 28.0. The molecule has 128 valence electrons. The molecule has 0 spiro atoms. The molecule has 3 N–H and O–H groups in total. The van der Waals surface area contributed by atoms with Gasteiger partial charge in [-0.25, -0.2) is 4.39 Å². The summed E-state index contributed by atoms with van der Waals surface area (Å²) < 4.78 is 13.3. The van der Waals surface area contributed by atoms with E-state index in [9.17, 15) is 19.4 Å². The molecule has 1 aliphatic rings. The van der Waals surface area contributed by atoms with Crippen molar-refractivity contribution in [3.8, 4) is 0 Å². The number of nitrogens with one attached hydrogen (secondary N) is 1. The number of aliphatic hydroxyl groups excluding tert-OH is 2. The van der Waals surface area contributed by atoms with E-state index in [-0.39, 0.29) is 12.3 Å². The first-order chi connectivity index (χ1) is 11.1. The zero-order valence-electron chi connectivity index (χ0n) is 13.4. The number of likely N-dealkylation sites (tertiary alicyclic amines) is 1. The summed E-state index contributed by atoms with van der Waals surface area (Å²) in [7, 11) is 1.52. The molecule has 5 nitrogen and oxygen atoms in total. The van der Waals surface area contributed by atoms with Gasteiger partial charge in [0.25, 0.3) is 0 Å². The number of halogens is 1. The Morgan fingerprint density at radius 1 is 1.22 bits per heavy atom. The van der Waals surface area contributed by atoms with Gasteiger partial charge in [0.15, 0.2) is 0 Å². The van der Waals surface area contributed by atoms with Crippen molar-refractivity contribution in [2.45, 2.75) is 43.6 Å². The molecule has 1 aromatic rings. The van der Waals surface area contributed by atoms with Gasteiger partial charge in [0, 0.05) is 19.5 Å². The monoisotopic (exact) mass is 324 g/mol. The minimum absolute atomic E-state index is 0.0521. The Morgan fingerprint density at radius 2 is 1.87 bits per heavy atom. The number of amides is 1. The molecule has 0 radical (unpaired) electrons. The summed E-state index contributed by atoms with van der Waals surface area (Å²) >= 11 is 0. The number of benzene rings is 1.